The van der Waals surface area contributed by atoms with Gasteiger partial charge in [0.05, 0.1) is 12.8 Å². The summed E-state index contributed by atoms with van der Waals surface area (Å²) < 4.78 is 4.55. The van der Waals surface area contributed by atoms with Crippen LogP contribution in [0.4, 0.5) is 0 Å². The lowest BCUT2D eigenvalue weighted by Gasteiger charge is -2.16. The number of nitrogens with zero attached hydrogens (tertiary/aromatic N) is 1. The van der Waals surface area contributed by atoms with Crippen molar-refractivity contribution in [2.45, 2.75) is 6.10 Å². The van der Waals surface area contributed by atoms with E-state index in [1.165, 1.54) is 13.2 Å². The van der Waals surface area contributed by atoms with E-state index < -0.39 is 18.0 Å². The Bertz CT molecular complexity index is 337. The number of pyridine rings is 1. The monoisotopic (exact) mass is 207 g/mol. The first-order valence-corrected chi connectivity index (χ1v) is 4.50. The van der Waals surface area contributed by atoms with Crippen molar-refractivity contribution in [2.24, 2.45) is 5.92 Å². The van der Waals surface area contributed by atoms with Gasteiger partial charge in [-0.15, -0.1) is 6.58 Å². The van der Waals surface area contributed by atoms with E-state index in [1.54, 1.807) is 24.4 Å². The van der Waals surface area contributed by atoms with E-state index in [9.17, 15) is 9.90 Å². The van der Waals surface area contributed by atoms with E-state index in [4.69, 9.17) is 0 Å². The first-order chi connectivity index (χ1) is 7.20. The molecule has 0 spiro atoms. The average Bonchev–Trinajstić information content (AvgIpc) is 2.30. The Morgan fingerprint density at radius 1 is 1.67 bits per heavy atom. The Labute approximate surface area is 88.2 Å². The van der Waals surface area contributed by atoms with Crippen molar-refractivity contribution < 1.29 is 14.6 Å². The van der Waals surface area contributed by atoms with E-state index in [2.05, 4.69) is 16.3 Å². The van der Waals surface area contributed by atoms with Gasteiger partial charge in [0.1, 0.15) is 12.0 Å². The van der Waals surface area contributed by atoms with Gasteiger partial charge < -0.3 is 9.84 Å². The highest BCUT2D eigenvalue weighted by Gasteiger charge is 2.26. The number of carbonyl (C=O) groups is 1. The number of carbonyl (C=O) groups excluding carboxylic acids is 1. The molecule has 0 saturated heterocycles. The molecule has 0 radical (unpaired) electrons. The third-order valence-electron chi connectivity index (χ3n) is 2.06. The van der Waals surface area contributed by atoms with Gasteiger partial charge in [-0.1, -0.05) is 12.1 Å². The molecule has 1 heterocycles. The molecule has 0 saturated carbocycles. The number of ether oxygens (including phenoxy) is 1. The minimum Gasteiger partial charge on any atom is -0.468 e. The molecule has 1 aromatic rings. The summed E-state index contributed by atoms with van der Waals surface area (Å²) in [6, 6.07) is 5.12. The molecular formula is C11H13NO3. The Morgan fingerprint density at radius 2 is 2.40 bits per heavy atom. The summed E-state index contributed by atoms with van der Waals surface area (Å²) in [5, 5.41) is 9.85. The minimum atomic E-state index is -1.02. The third-order valence-corrected chi connectivity index (χ3v) is 2.06. The predicted molar refractivity (Wildman–Crippen MR) is 54.9 cm³/mol. The van der Waals surface area contributed by atoms with Crippen molar-refractivity contribution in [3.63, 3.8) is 0 Å². The molecule has 0 aliphatic carbocycles. The predicted octanol–water partition coefficient (Wildman–Crippen LogP) is 1.09. The molecule has 0 bridgehead atoms. The highest BCUT2D eigenvalue weighted by atomic mass is 16.5. The summed E-state index contributed by atoms with van der Waals surface area (Å²) in [5.74, 6) is -1.31. The fourth-order valence-electron chi connectivity index (χ4n) is 1.22. The van der Waals surface area contributed by atoms with Crippen LogP contribution in [0.2, 0.25) is 0 Å². The first kappa shape index (κ1) is 11.4. The van der Waals surface area contributed by atoms with Crippen LogP contribution < -0.4 is 0 Å². The molecule has 0 fully saturated rings. The molecule has 2 atom stereocenters. The second-order valence-corrected chi connectivity index (χ2v) is 2.98. The first-order valence-electron chi connectivity index (χ1n) is 4.50. The highest BCUT2D eigenvalue weighted by molar-refractivity contribution is 5.75. The summed E-state index contributed by atoms with van der Waals surface area (Å²) in [6.07, 6.45) is 1.89. The second-order valence-electron chi connectivity index (χ2n) is 2.98. The van der Waals surface area contributed by atoms with Crippen molar-refractivity contribution in [3.8, 4) is 0 Å². The van der Waals surface area contributed by atoms with Crippen LogP contribution in [0.5, 0.6) is 0 Å². The molecule has 0 aliphatic rings. The van der Waals surface area contributed by atoms with E-state index in [-0.39, 0.29) is 0 Å². The number of esters is 1. The SMILES string of the molecule is C=C[C@@H](C(=O)OC)[C@H](O)c1ccccn1. The van der Waals surface area contributed by atoms with Crippen LogP contribution in [-0.2, 0) is 9.53 Å². The van der Waals surface area contributed by atoms with Crippen LogP contribution in [0.15, 0.2) is 37.1 Å². The molecule has 0 aliphatic heterocycles. The van der Waals surface area contributed by atoms with Gasteiger partial charge in [0.25, 0.3) is 0 Å². The van der Waals surface area contributed by atoms with E-state index >= 15 is 0 Å². The Balaban J connectivity index is 2.87. The molecule has 80 valence electrons. The normalized spacial score (nSPS) is 14.0. The van der Waals surface area contributed by atoms with Gasteiger partial charge in [0.15, 0.2) is 0 Å². The Kier molecular flexibility index (Phi) is 4.00. The van der Waals surface area contributed by atoms with E-state index in [1.807, 2.05) is 0 Å². The van der Waals surface area contributed by atoms with Gasteiger partial charge >= 0.3 is 5.97 Å². The second kappa shape index (κ2) is 5.26. The molecule has 1 N–H and O–H groups in total. The van der Waals surface area contributed by atoms with Gasteiger partial charge in [0, 0.05) is 6.20 Å². The van der Waals surface area contributed by atoms with Crippen molar-refractivity contribution >= 4 is 5.97 Å². The zero-order valence-electron chi connectivity index (χ0n) is 8.46. The summed E-state index contributed by atoms with van der Waals surface area (Å²) in [6.45, 7) is 3.49. The van der Waals surface area contributed by atoms with Gasteiger partial charge in [-0.05, 0) is 12.1 Å². The van der Waals surface area contributed by atoms with E-state index in [0.717, 1.165) is 0 Å². The van der Waals surface area contributed by atoms with Gasteiger partial charge in [-0.3, -0.25) is 9.78 Å². The average molecular weight is 207 g/mol. The summed E-state index contributed by atoms with van der Waals surface area (Å²) in [5.41, 5.74) is 0.424. The Morgan fingerprint density at radius 3 is 2.87 bits per heavy atom. The number of aliphatic hydroxyl groups is 1. The number of hydrogen-bond acceptors (Lipinski definition) is 4. The molecule has 0 amide bonds. The lowest BCUT2D eigenvalue weighted by atomic mass is 10.00. The standard InChI is InChI=1S/C11H13NO3/c1-3-8(11(14)15-2)10(13)9-6-4-5-7-12-9/h3-8,10,13H,1H2,2H3/t8-,10+/m1/s1. The number of rotatable bonds is 4. The number of aliphatic hydroxyl groups excluding tert-OH is 1. The molecule has 0 unspecified atom stereocenters. The summed E-state index contributed by atoms with van der Waals surface area (Å²) in [7, 11) is 1.27. The zero-order valence-corrected chi connectivity index (χ0v) is 8.46. The van der Waals surface area contributed by atoms with Gasteiger partial charge in [-0.25, -0.2) is 0 Å². The summed E-state index contributed by atoms with van der Waals surface area (Å²) >= 11 is 0. The number of methoxy groups -OCH3 is 1. The van der Waals surface area contributed by atoms with Crippen molar-refractivity contribution in [1.29, 1.82) is 0 Å². The van der Waals surface area contributed by atoms with E-state index in [0.29, 0.717) is 5.69 Å². The fraction of sp³-hybridized carbons (Fsp3) is 0.273. The third kappa shape index (κ3) is 2.63. The molecule has 0 aromatic carbocycles. The molecule has 4 heteroatoms. The summed E-state index contributed by atoms with van der Waals surface area (Å²) in [4.78, 5) is 15.2. The van der Waals surface area contributed by atoms with Crippen LogP contribution in [0, 0.1) is 5.92 Å². The molecule has 4 nitrogen and oxygen atoms in total. The molecule has 1 rings (SSSR count). The van der Waals surface area contributed by atoms with Crippen molar-refractivity contribution in [3.05, 3.63) is 42.7 Å². The van der Waals surface area contributed by atoms with Crippen LogP contribution in [0.1, 0.15) is 11.8 Å². The van der Waals surface area contributed by atoms with Gasteiger partial charge in [0.2, 0.25) is 0 Å². The van der Waals surface area contributed by atoms with Crippen LogP contribution in [0.3, 0.4) is 0 Å². The van der Waals surface area contributed by atoms with Crippen LogP contribution >= 0.6 is 0 Å². The number of hydrogen-bond donors (Lipinski definition) is 1. The maximum absolute atomic E-state index is 11.3. The maximum atomic E-state index is 11.3. The van der Waals surface area contributed by atoms with Crippen molar-refractivity contribution in [1.82, 2.24) is 4.98 Å². The smallest absolute Gasteiger partial charge is 0.315 e. The molecule has 1 aromatic heterocycles. The lowest BCUT2D eigenvalue weighted by molar-refractivity contribution is -0.147. The van der Waals surface area contributed by atoms with Crippen LogP contribution in [-0.4, -0.2) is 23.2 Å². The largest absolute Gasteiger partial charge is 0.468 e. The zero-order chi connectivity index (χ0) is 11.3. The maximum Gasteiger partial charge on any atom is 0.315 e. The molecule has 15 heavy (non-hydrogen) atoms. The Hall–Kier alpha value is -1.68. The minimum absolute atomic E-state index is 0.424. The highest BCUT2D eigenvalue weighted by Crippen LogP contribution is 2.21. The quantitative estimate of drug-likeness (QED) is 0.593. The van der Waals surface area contributed by atoms with Crippen molar-refractivity contribution in [2.75, 3.05) is 7.11 Å². The van der Waals surface area contributed by atoms with Crippen LogP contribution in [0.25, 0.3) is 0 Å². The van der Waals surface area contributed by atoms with Gasteiger partial charge in [-0.2, -0.15) is 0 Å². The topological polar surface area (TPSA) is 59.4 Å². The number of aromatic nitrogens is 1. The lowest BCUT2D eigenvalue weighted by Crippen LogP contribution is -2.22. The fourth-order valence-corrected chi connectivity index (χ4v) is 1.22. The molecular weight excluding hydrogens is 194 g/mol.